The summed E-state index contributed by atoms with van der Waals surface area (Å²) in [5.41, 5.74) is 1.19. The summed E-state index contributed by atoms with van der Waals surface area (Å²) in [5.74, 6) is 0.630. The molecule has 0 saturated heterocycles. The van der Waals surface area contributed by atoms with Crippen LogP contribution in [0.4, 0.5) is 0 Å². The lowest BCUT2D eigenvalue weighted by Crippen LogP contribution is -2.42. The van der Waals surface area contributed by atoms with E-state index in [0.29, 0.717) is 19.0 Å². The summed E-state index contributed by atoms with van der Waals surface area (Å²) >= 11 is 0. The van der Waals surface area contributed by atoms with Gasteiger partial charge in [-0.15, -0.1) is 0 Å². The molecular formula is C17H24N4O2S. The zero-order valence-corrected chi connectivity index (χ0v) is 15.0. The second-order valence-corrected chi connectivity index (χ2v) is 7.43. The molecule has 0 aliphatic carbocycles. The van der Waals surface area contributed by atoms with Crippen LogP contribution in [-0.4, -0.2) is 40.8 Å². The van der Waals surface area contributed by atoms with Gasteiger partial charge in [0.15, 0.2) is 5.96 Å². The molecule has 0 bridgehead atoms. The van der Waals surface area contributed by atoms with Gasteiger partial charge in [-0.3, -0.25) is 4.99 Å². The van der Waals surface area contributed by atoms with Crippen LogP contribution in [0.15, 0.2) is 47.5 Å². The van der Waals surface area contributed by atoms with Crippen molar-refractivity contribution in [3.8, 4) is 0 Å². The van der Waals surface area contributed by atoms with E-state index in [1.54, 1.807) is 7.05 Å². The number of fused-ring (bicyclic) bond motifs is 1. The Morgan fingerprint density at radius 3 is 2.54 bits per heavy atom. The molecule has 0 spiro atoms. The van der Waals surface area contributed by atoms with Gasteiger partial charge in [0, 0.05) is 20.1 Å². The summed E-state index contributed by atoms with van der Waals surface area (Å²) in [5, 5.41) is 8.84. The number of aliphatic imine (C=N–C) groups is 1. The molecule has 0 amide bonds. The molecule has 0 aliphatic rings. The molecule has 2 rings (SSSR count). The standard InChI is InChI=1S/C17H24N4O2S/c1-13(15-10-6-8-14-7-4-5-9-16(14)15)21-17(18-2)19-11-12-20-24(3,22)23/h4-10,13,20H,11-12H2,1-3H3,(H2,18,19,21). The van der Waals surface area contributed by atoms with Crippen molar-refractivity contribution in [1.29, 1.82) is 0 Å². The molecule has 1 atom stereocenters. The molecule has 6 nitrogen and oxygen atoms in total. The molecule has 7 heteroatoms. The highest BCUT2D eigenvalue weighted by atomic mass is 32.2. The number of rotatable bonds is 6. The van der Waals surface area contributed by atoms with Crippen molar-refractivity contribution in [3.63, 3.8) is 0 Å². The highest BCUT2D eigenvalue weighted by molar-refractivity contribution is 7.88. The Morgan fingerprint density at radius 2 is 1.83 bits per heavy atom. The van der Waals surface area contributed by atoms with E-state index >= 15 is 0 Å². The van der Waals surface area contributed by atoms with Crippen LogP contribution in [0.5, 0.6) is 0 Å². The van der Waals surface area contributed by atoms with Crippen molar-refractivity contribution < 1.29 is 8.42 Å². The number of guanidine groups is 1. The summed E-state index contributed by atoms with van der Waals surface area (Å²) in [6.45, 7) is 2.83. The second-order valence-electron chi connectivity index (χ2n) is 5.60. The summed E-state index contributed by atoms with van der Waals surface area (Å²) in [7, 11) is -1.48. The van der Waals surface area contributed by atoms with E-state index in [9.17, 15) is 8.42 Å². The quantitative estimate of drug-likeness (QED) is 0.421. The van der Waals surface area contributed by atoms with Crippen molar-refractivity contribution in [3.05, 3.63) is 48.0 Å². The molecule has 3 N–H and O–H groups in total. The lowest BCUT2D eigenvalue weighted by molar-refractivity contribution is 0.586. The summed E-state index contributed by atoms with van der Waals surface area (Å²) in [4.78, 5) is 4.18. The van der Waals surface area contributed by atoms with E-state index in [4.69, 9.17) is 0 Å². The SMILES string of the molecule is CN=C(NCCNS(C)(=O)=O)NC(C)c1cccc2ccccc12. The van der Waals surface area contributed by atoms with Gasteiger partial charge in [0.05, 0.1) is 12.3 Å². The largest absolute Gasteiger partial charge is 0.355 e. The first kappa shape index (κ1) is 18.2. The molecule has 0 aliphatic heterocycles. The fraction of sp³-hybridized carbons (Fsp3) is 0.353. The summed E-state index contributed by atoms with van der Waals surface area (Å²) in [6, 6.07) is 14.5. The number of benzene rings is 2. The van der Waals surface area contributed by atoms with Crippen LogP contribution in [0.3, 0.4) is 0 Å². The molecule has 0 fully saturated rings. The van der Waals surface area contributed by atoms with Crippen LogP contribution in [0, 0.1) is 0 Å². The Hall–Kier alpha value is -2.12. The highest BCUT2D eigenvalue weighted by Gasteiger charge is 2.10. The Morgan fingerprint density at radius 1 is 1.12 bits per heavy atom. The van der Waals surface area contributed by atoms with E-state index in [2.05, 4.69) is 51.5 Å². The van der Waals surface area contributed by atoms with E-state index < -0.39 is 10.0 Å². The number of hydrogen-bond donors (Lipinski definition) is 3. The molecule has 24 heavy (non-hydrogen) atoms. The zero-order valence-electron chi connectivity index (χ0n) is 14.2. The Balaban J connectivity index is 2.00. The monoisotopic (exact) mass is 348 g/mol. The fourth-order valence-corrected chi connectivity index (χ4v) is 3.00. The molecule has 2 aromatic rings. The summed E-state index contributed by atoms with van der Waals surface area (Å²) < 4.78 is 24.5. The molecule has 2 aromatic carbocycles. The van der Waals surface area contributed by atoms with E-state index in [1.165, 1.54) is 16.3 Å². The van der Waals surface area contributed by atoms with Gasteiger partial charge in [0.1, 0.15) is 0 Å². The van der Waals surface area contributed by atoms with Gasteiger partial charge in [-0.25, -0.2) is 13.1 Å². The minimum absolute atomic E-state index is 0.0603. The van der Waals surface area contributed by atoms with Crippen LogP contribution < -0.4 is 15.4 Å². The maximum atomic E-state index is 11.0. The number of nitrogens with zero attached hydrogens (tertiary/aromatic N) is 1. The molecule has 0 heterocycles. The predicted octanol–water partition coefficient (Wildman–Crippen LogP) is 1.62. The van der Waals surface area contributed by atoms with Crippen molar-refractivity contribution in [2.24, 2.45) is 4.99 Å². The normalized spacial score (nSPS) is 13.7. The lowest BCUT2D eigenvalue weighted by atomic mass is 10.00. The van der Waals surface area contributed by atoms with E-state index in [1.807, 2.05) is 18.2 Å². The van der Waals surface area contributed by atoms with Gasteiger partial charge >= 0.3 is 0 Å². The zero-order chi connectivity index (χ0) is 17.6. The Bertz CT molecular complexity index is 813. The van der Waals surface area contributed by atoms with Crippen LogP contribution >= 0.6 is 0 Å². The third kappa shape index (κ3) is 5.21. The first-order valence-corrected chi connectivity index (χ1v) is 9.69. The third-order valence-corrected chi connectivity index (χ3v) is 4.38. The first-order valence-electron chi connectivity index (χ1n) is 7.80. The highest BCUT2D eigenvalue weighted by Crippen LogP contribution is 2.23. The van der Waals surface area contributed by atoms with Gasteiger partial charge in [-0.05, 0) is 23.3 Å². The van der Waals surface area contributed by atoms with Crippen molar-refractivity contribution in [2.45, 2.75) is 13.0 Å². The minimum Gasteiger partial charge on any atom is -0.355 e. The average molecular weight is 348 g/mol. The van der Waals surface area contributed by atoms with Crippen molar-refractivity contribution >= 4 is 26.8 Å². The third-order valence-electron chi connectivity index (χ3n) is 3.65. The molecule has 0 saturated carbocycles. The molecule has 1 unspecified atom stereocenters. The van der Waals surface area contributed by atoms with Crippen molar-refractivity contribution in [2.75, 3.05) is 26.4 Å². The van der Waals surface area contributed by atoms with Gasteiger partial charge in [0.2, 0.25) is 10.0 Å². The molecule has 0 aromatic heterocycles. The number of sulfonamides is 1. The van der Waals surface area contributed by atoms with Gasteiger partial charge < -0.3 is 10.6 Å². The molecule has 130 valence electrons. The van der Waals surface area contributed by atoms with Gasteiger partial charge in [0.25, 0.3) is 0 Å². The van der Waals surface area contributed by atoms with Gasteiger partial charge in [-0.2, -0.15) is 0 Å². The number of hydrogen-bond acceptors (Lipinski definition) is 3. The van der Waals surface area contributed by atoms with E-state index in [0.717, 1.165) is 6.26 Å². The van der Waals surface area contributed by atoms with Crippen LogP contribution in [0.25, 0.3) is 10.8 Å². The molecular weight excluding hydrogens is 324 g/mol. The summed E-state index contributed by atoms with van der Waals surface area (Å²) in [6.07, 6.45) is 1.14. The molecule has 0 radical (unpaired) electrons. The van der Waals surface area contributed by atoms with Crippen LogP contribution in [-0.2, 0) is 10.0 Å². The maximum Gasteiger partial charge on any atom is 0.208 e. The first-order chi connectivity index (χ1) is 11.4. The smallest absolute Gasteiger partial charge is 0.208 e. The number of nitrogens with one attached hydrogen (secondary N) is 3. The van der Waals surface area contributed by atoms with Crippen molar-refractivity contribution in [1.82, 2.24) is 15.4 Å². The average Bonchev–Trinajstić information content (AvgIpc) is 2.56. The predicted molar refractivity (Wildman–Crippen MR) is 99.7 cm³/mol. The van der Waals surface area contributed by atoms with E-state index in [-0.39, 0.29) is 6.04 Å². The second kappa shape index (κ2) is 8.12. The van der Waals surface area contributed by atoms with Crippen LogP contribution in [0.2, 0.25) is 0 Å². The fourth-order valence-electron chi connectivity index (χ4n) is 2.52. The topological polar surface area (TPSA) is 82.6 Å². The Labute approximate surface area is 143 Å². The van der Waals surface area contributed by atoms with Gasteiger partial charge in [-0.1, -0.05) is 42.5 Å². The maximum absolute atomic E-state index is 11.0. The lowest BCUT2D eigenvalue weighted by Gasteiger charge is -2.20. The van der Waals surface area contributed by atoms with Crippen LogP contribution in [0.1, 0.15) is 18.5 Å². The minimum atomic E-state index is -3.17. The Kier molecular flexibility index (Phi) is 6.16.